The van der Waals surface area contributed by atoms with Gasteiger partial charge in [-0.05, 0) is 70.1 Å². The van der Waals surface area contributed by atoms with Gasteiger partial charge < -0.3 is 15.0 Å². The Balaban J connectivity index is 1.49. The fourth-order valence-electron chi connectivity index (χ4n) is 3.34. The predicted octanol–water partition coefficient (Wildman–Crippen LogP) is 2.51. The number of nitrogens with one attached hydrogen (secondary N) is 1. The minimum absolute atomic E-state index is 0.521. The number of hydrogen-bond donors (Lipinski definition) is 1. The Labute approximate surface area is 119 Å². The second-order valence-corrected chi connectivity index (χ2v) is 6.60. The minimum atomic E-state index is 0.521. The first-order valence-electron chi connectivity index (χ1n) is 8.30. The van der Waals surface area contributed by atoms with Crippen molar-refractivity contribution in [2.24, 2.45) is 11.8 Å². The molecule has 0 spiro atoms. The van der Waals surface area contributed by atoms with Crippen LogP contribution in [0.2, 0.25) is 0 Å². The maximum absolute atomic E-state index is 5.97. The molecule has 0 atom stereocenters. The van der Waals surface area contributed by atoms with E-state index in [0.717, 1.165) is 31.5 Å². The average molecular weight is 268 g/mol. The van der Waals surface area contributed by atoms with Crippen LogP contribution in [-0.4, -0.2) is 50.3 Å². The first-order valence-corrected chi connectivity index (χ1v) is 8.30. The van der Waals surface area contributed by atoms with E-state index in [-0.39, 0.29) is 0 Å². The Bertz CT molecular complexity index is 231. The lowest BCUT2D eigenvalue weighted by molar-refractivity contribution is 0.0258. The predicted molar refractivity (Wildman–Crippen MR) is 80.5 cm³/mol. The third-order valence-electron chi connectivity index (χ3n) is 4.83. The summed E-state index contributed by atoms with van der Waals surface area (Å²) in [4.78, 5) is 2.63. The van der Waals surface area contributed by atoms with Crippen LogP contribution in [0.15, 0.2) is 0 Å². The summed E-state index contributed by atoms with van der Waals surface area (Å²) in [5.74, 6) is 1.83. The van der Waals surface area contributed by atoms with E-state index in [1.807, 2.05) is 0 Å². The van der Waals surface area contributed by atoms with Gasteiger partial charge in [0.15, 0.2) is 0 Å². The second-order valence-electron chi connectivity index (χ2n) is 6.60. The molecule has 1 N–H and O–H groups in total. The zero-order chi connectivity index (χ0) is 13.5. The smallest absolute Gasteiger partial charge is 0.0599 e. The third kappa shape index (κ3) is 5.41. The van der Waals surface area contributed by atoms with Gasteiger partial charge in [-0.3, -0.25) is 0 Å². The van der Waals surface area contributed by atoms with Crippen LogP contribution in [0.5, 0.6) is 0 Å². The van der Waals surface area contributed by atoms with Crippen LogP contribution in [0.1, 0.15) is 46.0 Å². The molecule has 0 aromatic heterocycles. The molecule has 112 valence electrons. The normalized spacial score (nSPS) is 24.2. The highest BCUT2D eigenvalue weighted by molar-refractivity contribution is 4.74. The van der Waals surface area contributed by atoms with E-state index < -0.39 is 0 Å². The molecule has 0 aromatic carbocycles. The Morgan fingerprint density at radius 2 is 1.79 bits per heavy atom. The fraction of sp³-hybridized carbons (Fsp3) is 1.00. The summed E-state index contributed by atoms with van der Waals surface area (Å²) in [5.41, 5.74) is 0. The Kier molecular flexibility index (Phi) is 6.62. The highest BCUT2D eigenvalue weighted by Crippen LogP contribution is 2.24. The number of piperidine rings is 2. The molecule has 2 aliphatic rings. The van der Waals surface area contributed by atoms with Gasteiger partial charge in [-0.15, -0.1) is 0 Å². The van der Waals surface area contributed by atoms with E-state index in [2.05, 4.69) is 24.1 Å². The molecule has 19 heavy (non-hydrogen) atoms. The quantitative estimate of drug-likeness (QED) is 0.749. The Morgan fingerprint density at radius 1 is 1.11 bits per heavy atom. The lowest BCUT2D eigenvalue weighted by Crippen LogP contribution is -2.36. The van der Waals surface area contributed by atoms with Crippen molar-refractivity contribution >= 4 is 0 Å². The molecule has 0 aromatic rings. The Morgan fingerprint density at radius 3 is 2.42 bits per heavy atom. The van der Waals surface area contributed by atoms with Crippen molar-refractivity contribution in [1.82, 2.24) is 10.2 Å². The van der Waals surface area contributed by atoms with E-state index in [9.17, 15) is 0 Å². The number of rotatable bonds is 6. The standard InChI is InChI=1S/C16H32N2O/c1-14(2)15-6-11-18(12-7-15)10-3-13-19-16-4-8-17-9-5-16/h14-17H,3-13H2,1-2H3. The number of likely N-dealkylation sites (tertiary alicyclic amines) is 1. The van der Waals surface area contributed by atoms with Crippen LogP contribution < -0.4 is 5.32 Å². The van der Waals surface area contributed by atoms with Crippen LogP contribution in [0.3, 0.4) is 0 Å². The van der Waals surface area contributed by atoms with Crippen molar-refractivity contribution < 1.29 is 4.74 Å². The molecule has 2 rings (SSSR count). The van der Waals surface area contributed by atoms with Crippen molar-refractivity contribution in [2.75, 3.05) is 39.3 Å². The maximum Gasteiger partial charge on any atom is 0.0599 e. The fourth-order valence-corrected chi connectivity index (χ4v) is 3.34. The highest BCUT2D eigenvalue weighted by atomic mass is 16.5. The number of nitrogens with zero attached hydrogens (tertiary/aromatic N) is 1. The molecule has 0 saturated carbocycles. The molecule has 3 heteroatoms. The van der Waals surface area contributed by atoms with Gasteiger partial charge in [0.05, 0.1) is 6.10 Å². The molecular formula is C16H32N2O. The first-order chi connectivity index (χ1) is 9.25. The number of ether oxygens (including phenoxy) is 1. The maximum atomic E-state index is 5.97. The largest absolute Gasteiger partial charge is 0.378 e. The van der Waals surface area contributed by atoms with Crippen LogP contribution >= 0.6 is 0 Å². The van der Waals surface area contributed by atoms with Crippen LogP contribution in [-0.2, 0) is 4.74 Å². The summed E-state index contributed by atoms with van der Waals surface area (Å²) in [6.45, 7) is 11.8. The van der Waals surface area contributed by atoms with E-state index in [0.29, 0.717) is 6.10 Å². The molecule has 0 aliphatic carbocycles. The van der Waals surface area contributed by atoms with Gasteiger partial charge in [0.25, 0.3) is 0 Å². The molecule has 3 nitrogen and oxygen atoms in total. The third-order valence-corrected chi connectivity index (χ3v) is 4.83. The van der Waals surface area contributed by atoms with Gasteiger partial charge in [-0.25, -0.2) is 0 Å². The molecule has 0 unspecified atom stereocenters. The van der Waals surface area contributed by atoms with Crippen molar-refractivity contribution in [3.05, 3.63) is 0 Å². The monoisotopic (exact) mass is 268 g/mol. The molecule has 2 saturated heterocycles. The molecule has 2 aliphatic heterocycles. The van der Waals surface area contributed by atoms with Crippen molar-refractivity contribution in [2.45, 2.75) is 52.1 Å². The summed E-state index contributed by atoms with van der Waals surface area (Å²) >= 11 is 0. The molecule has 2 heterocycles. The lowest BCUT2D eigenvalue weighted by atomic mass is 9.87. The van der Waals surface area contributed by atoms with Gasteiger partial charge >= 0.3 is 0 Å². The lowest BCUT2D eigenvalue weighted by Gasteiger charge is -2.34. The van der Waals surface area contributed by atoms with Gasteiger partial charge in [-0.2, -0.15) is 0 Å². The molecule has 0 bridgehead atoms. The average Bonchev–Trinajstić information content (AvgIpc) is 2.45. The summed E-state index contributed by atoms with van der Waals surface area (Å²) in [6, 6.07) is 0. The highest BCUT2D eigenvalue weighted by Gasteiger charge is 2.21. The van der Waals surface area contributed by atoms with E-state index in [1.54, 1.807) is 0 Å². The zero-order valence-corrected chi connectivity index (χ0v) is 12.9. The van der Waals surface area contributed by atoms with Crippen molar-refractivity contribution in [3.63, 3.8) is 0 Å². The summed E-state index contributed by atoms with van der Waals surface area (Å²) < 4.78 is 5.97. The van der Waals surface area contributed by atoms with E-state index in [4.69, 9.17) is 4.74 Å². The van der Waals surface area contributed by atoms with Gasteiger partial charge in [0.2, 0.25) is 0 Å². The van der Waals surface area contributed by atoms with E-state index >= 15 is 0 Å². The molecule has 0 radical (unpaired) electrons. The first kappa shape index (κ1) is 15.3. The van der Waals surface area contributed by atoms with Crippen LogP contribution in [0.4, 0.5) is 0 Å². The summed E-state index contributed by atoms with van der Waals surface area (Å²) in [6.07, 6.45) is 6.91. The topological polar surface area (TPSA) is 24.5 Å². The Hall–Kier alpha value is -0.120. The SMILES string of the molecule is CC(C)C1CCN(CCCOC2CCNCC2)CC1. The zero-order valence-electron chi connectivity index (χ0n) is 12.9. The summed E-state index contributed by atoms with van der Waals surface area (Å²) in [5, 5.41) is 3.38. The van der Waals surface area contributed by atoms with Gasteiger partial charge in [0.1, 0.15) is 0 Å². The van der Waals surface area contributed by atoms with Crippen LogP contribution in [0.25, 0.3) is 0 Å². The van der Waals surface area contributed by atoms with Gasteiger partial charge in [-0.1, -0.05) is 13.8 Å². The van der Waals surface area contributed by atoms with Crippen molar-refractivity contribution in [3.8, 4) is 0 Å². The summed E-state index contributed by atoms with van der Waals surface area (Å²) in [7, 11) is 0. The number of hydrogen-bond acceptors (Lipinski definition) is 3. The van der Waals surface area contributed by atoms with Crippen molar-refractivity contribution in [1.29, 1.82) is 0 Å². The second kappa shape index (κ2) is 8.23. The van der Waals surface area contributed by atoms with Gasteiger partial charge in [0, 0.05) is 13.2 Å². The van der Waals surface area contributed by atoms with Crippen LogP contribution in [0, 0.1) is 11.8 Å². The molecule has 2 fully saturated rings. The molecule has 0 amide bonds. The minimum Gasteiger partial charge on any atom is -0.378 e. The van der Waals surface area contributed by atoms with E-state index in [1.165, 1.54) is 51.7 Å². The molecular weight excluding hydrogens is 236 g/mol.